The summed E-state index contributed by atoms with van der Waals surface area (Å²) in [7, 11) is 0. The first-order valence-corrected chi connectivity index (χ1v) is 4.21. The largest absolute Gasteiger partial charge is 0.386 e. The summed E-state index contributed by atoms with van der Waals surface area (Å²) < 4.78 is 0. The number of aryl methyl sites for hydroxylation is 2. The Labute approximate surface area is 74.1 Å². The first kappa shape index (κ1) is 9.27. The van der Waals surface area contributed by atoms with Crippen LogP contribution >= 0.6 is 0 Å². The summed E-state index contributed by atoms with van der Waals surface area (Å²) in [5, 5.41) is 9.76. The van der Waals surface area contributed by atoms with Crippen molar-refractivity contribution < 1.29 is 5.11 Å². The molecule has 0 bridgehead atoms. The molecule has 66 valence electrons. The lowest BCUT2D eigenvalue weighted by atomic mass is 9.93. The molecular weight excluding hydrogens is 148 g/mol. The van der Waals surface area contributed by atoms with Gasteiger partial charge in [0, 0.05) is 0 Å². The second kappa shape index (κ2) is 2.91. The average molecular weight is 164 g/mol. The Morgan fingerprint density at radius 3 is 2.17 bits per heavy atom. The van der Waals surface area contributed by atoms with Crippen LogP contribution in [0, 0.1) is 13.8 Å². The summed E-state index contributed by atoms with van der Waals surface area (Å²) in [6.45, 7) is 7.71. The van der Waals surface area contributed by atoms with Gasteiger partial charge in [0.2, 0.25) is 0 Å². The van der Waals surface area contributed by atoms with Crippen LogP contribution in [0.4, 0.5) is 0 Å². The fourth-order valence-corrected chi connectivity index (χ4v) is 1.50. The van der Waals surface area contributed by atoms with Crippen molar-refractivity contribution in [2.75, 3.05) is 0 Å². The summed E-state index contributed by atoms with van der Waals surface area (Å²) >= 11 is 0. The van der Waals surface area contributed by atoms with E-state index in [0.29, 0.717) is 0 Å². The summed E-state index contributed by atoms with van der Waals surface area (Å²) in [6.07, 6.45) is 0. The predicted molar refractivity (Wildman–Crippen MR) is 51.2 cm³/mol. The second-order valence-corrected chi connectivity index (χ2v) is 3.88. The highest BCUT2D eigenvalue weighted by Crippen LogP contribution is 2.23. The van der Waals surface area contributed by atoms with Crippen molar-refractivity contribution in [3.05, 3.63) is 34.9 Å². The van der Waals surface area contributed by atoms with Gasteiger partial charge in [-0.3, -0.25) is 0 Å². The van der Waals surface area contributed by atoms with Gasteiger partial charge in [-0.1, -0.05) is 23.8 Å². The minimum absolute atomic E-state index is 0.724. The van der Waals surface area contributed by atoms with Crippen LogP contribution in [0.2, 0.25) is 0 Å². The maximum absolute atomic E-state index is 9.76. The Hall–Kier alpha value is -0.820. The van der Waals surface area contributed by atoms with E-state index in [4.69, 9.17) is 0 Å². The highest BCUT2D eigenvalue weighted by molar-refractivity contribution is 5.33. The maximum Gasteiger partial charge on any atom is 0.0843 e. The lowest BCUT2D eigenvalue weighted by Crippen LogP contribution is -2.16. The standard InChI is InChI=1S/C11H16O/c1-8-5-6-10(9(2)7-8)11(3,4)12/h5-7,12H,1-4H3. The Balaban J connectivity index is 3.19. The zero-order valence-electron chi connectivity index (χ0n) is 8.18. The minimum Gasteiger partial charge on any atom is -0.386 e. The molecule has 1 nitrogen and oxygen atoms in total. The van der Waals surface area contributed by atoms with E-state index in [1.165, 1.54) is 5.56 Å². The first-order valence-electron chi connectivity index (χ1n) is 4.21. The van der Waals surface area contributed by atoms with Gasteiger partial charge >= 0.3 is 0 Å². The van der Waals surface area contributed by atoms with E-state index in [9.17, 15) is 5.11 Å². The summed E-state index contributed by atoms with van der Waals surface area (Å²) in [4.78, 5) is 0. The maximum atomic E-state index is 9.76. The van der Waals surface area contributed by atoms with Crippen LogP contribution in [-0.4, -0.2) is 5.11 Å². The van der Waals surface area contributed by atoms with Crippen LogP contribution in [-0.2, 0) is 5.60 Å². The van der Waals surface area contributed by atoms with Crippen molar-refractivity contribution in [3.8, 4) is 0 Å². The van der Waals surface area contributed by atoms with Crippen molar-refractivity contribution in [1.29, 1.82) is 0 Å². The number of hydrogen-bond donors (Lipinski definition) is 1. The Kier molecular flexibility index (Phi) is 2.25. The first-order chi connectivity index (χ1) is 5.41. The average Bonchev–Trinajstić information content (AvgIpc) is 1.83. The topological polar surface area (TPSA) is 20.2 Å². The van der Waals surface area contributed by atoms with Gasteiger partial charge < -0.3 is 5.11 Å². The van der Waals surface area contributed by atoms with Gasteiger partial charge in [0.1, 0.15) is 0 Å². The lowest BCUT2D eigenvalue weighted by Gasteiger charge is -2.20. The summed E-state index contributed by atoms with van der Waals surface area (Å²) in [5.74, 6) is 0. The van der Waals surface area contributed by atoms with Crippen molar-refractivity contribution >= 4 is 0 Å². The molecule has 0 unspecified atom stereocenters. The summed E-state index contributed by atoms with van der Waals surface area (Å²) in [5.41, 5.74) is 2.67. The highest BCUT2D eigenvalue weighted by atomic mass is 16.3. The third kappa shape index (κ3) is 1.86. The van der Waals surface area contributed by atoms with E-state index in [1.807, 2.05) is 32.9 Å². The number of aliphatic hydroxyl groups is 1. The molecule has 1 N–H and O–H groups in total. The Morgan fingerprint density at radius 1 is 1.17 bits per heavy atom. The molecule has 0 aliphatic carbocycles. The van der Waals surface area contributed by atoms with Crippen molar-refractivity contribution in [2.45, 2.75) is 33.3 Å². The van der Waals surface area contributed by atoms with Crippen LogP contribution < -0.4 is 0 Å². The van der Waals surface area contributed by atoms with Gasteiger partial charge in [0.05, 0.1) is 5.60 Å². The van der Waals surface area contributed by atoms with E-state index in [1.54, 1.807) is 0 Å². The third-order valence-electron chi connectivity index (χ3n) is 2.04. The molecule has 0 radical (unpaired) electrons. The van der Waals surface area contributed by atoms with Crippen molar-refractivity contribution in [2.24, 2.45) is 0 Å². The fraction of sp³-hybridized carbons (Fsp3) is 0.455. The van der Waals surface area contributed by atoms with E-state index < -0.39 is 5.60 Å². The molecule has 0 amide bonds. The normalized spacial score (nSPS) is 11.8. The van der Waals surface area contributed by atoms with Gasteiger partial charge in [0.15, 0.2) is 0 Å². The number of hydrogen-bond acceptors (Lipinski definition) is 1. The molecular formula is C11H16O. The molecule has 1 rings (SSSR count). The molecule has 0 saturated heterocycles. The molecule has 1 aromatic carbocycles. The molecule has 0 saturated carbocycles. The van der Waals surface area contributed by atoms with Gasteiger partial charge in [-0.25, -0.2) is 0 Å². The third-order valence-corrected chi connectivity index (χ3v) is 2.04. The van der Waals surface area contributed by atoms with Crippen LogP contribution in [0.1, 0.15) is 30.5 Å². The van der Waals surface area contributed by atoms with E-state index in [-0.39, 0.29) is 0 Å². The Bertz CT molecular complexity index is 282. The molecule has 0 atom stereocenters. The zero-order chi connectivity index (χ0) is 9.35. The van der Waals surface area contributed by atoms with Gasteiger partial charge in [-0.2, -0.15) is 0 Å². The van der Waals surface area contributed by atoms with E-state index in [0.717, 1.165) is 11.1 Å². The van der Waals surface area contributed by atoms with E-state index >= 15 is 0 Å². The lowest BCUT2D eigenvalue weighted by molar-refractivity contribution is 0.0779. The van der Waals surface area contributed by atoms with Crippen LogP contribution in [0.3, 0.4) is 0 Å². The minimum atomic E-state index is -0.724. The molecule has 0 spiro atoms. The van der Waals surface area contributed by atoms with Crippen LogP contribution in [0.15, 0.2) is 18.2 Å². The molecule has 0 aliphatic rings. The molecule has 1 aromatic rings. The SMILES string of the molecule is Cc1ccc(C(C)(C)O)c(C)c1. The fourth-order valence-electron chi connectivity index (χ4n) is 1.50. The van der Waals surface area contributed by atoms with Crippen LogP contribution in [0.5, 0.6) is 0 Å². The van der Waals surface area contributed by atoms with E-state index in [2.05, 4.69) is 13.0 Å². The van der Waals surface area contributed by atoms with Crippen molar-refractivity contribution in [3.63, 3.8) is 0 Å². The van der Waals surface area contributed by atoms with Gasteiger partial charge in [-0.15, -0.1) is 0 Å². The predicted octanol–water partition coefficient (Wildman–Crippen LogP) is 2.53. The molecule has 0 fully saturated rings. The molecule has 1 heteroatoms. The zero-order valence-corrected chi connectivity index (χ0v) is 8.18. The van der Waals surface area contributed by atoms with Gasteiger partial charge in [0.25, 0.3) is 0 Å². The van der Waals surface area contributed by atoms with Crippen LogP contribution in [0.25, 0.3) is 0 Å². The van der Waals surface area contributed by atoms with Crippen molar-refractivity contribution in [1.82, 2.24) is 0 Å². The quantitative estimate of drug-likeness (QED) is 0.676. The number of rotatable bonds is 1. The molecule has 12 heavy (non-hydrogen) atoms. The summed E-state index contributed by atoms with van der Waals surface area (Å²) in [6, 6.07) is 6.11. The highest BCUT2D eigenvalue weighted by Gasteiger charge is 2.17. The van der Waals surface area contributed by atoms with Gasteiger partial charge in [-0.05, 0) is 38.8 Å². The molecule has 0 aromatic heterocycles. The molecule has 0 aliphatic heterocycles. The second-order valence-electron chi connectivity index (χ2n) is 3.88. The number of benzene rings is 1. The monoisotopic (exact) mass is 164 g/mol. The Morgan fingerprint density at radius 2 is 1.75 bits per heavy atom. The molecule has 0 heterocycles. The smallest absolute Gasteiger partial charge is 0.0843 e.